The van der Waals surface area contributed by atoms with Gasteiger partial charge in [0.2, 0.25) is 0 Å². The number of urea groups is 1. The van der Waals surface area contributed by atoms with Gasteiger partial charge >= 0.3 is 12.0 Å². The van der Waals surface area contributed by atoms with Gasteiger partial charge in [-0.3, -0.25) is 4.79 Å². The Morgan fingerprint density at radius 1 is 1.21 bits per heavy atom. The monoisotopic (exact) mass is 473 g/mol. The van der Waals surface area contributed by atoms with Gasteiger partial charge in [0.15, 0.2) is 0 Å². The fourth-order valence-electron chi connectivity index (χ4n) is 4.56. The van der Waals surface area contributed by atoms with Gasteiger partial charge in [0.1, 0.15) is 23.0 Å². The summed E-state index contributed by atoms with van der Waals surface area (Å²) in [7, 11) is 0. The first-order valence-electron chi connectivity index (χ1n) is 12.2. The number of carbonyl (C=O) groups is 2. The molecule has 1 fully saturated rings. The molecule has 0 spiro atoms. The zero-order valence-electron chi connectivity index (χ0n) is 20.1. The van der Waals surface area contributed by atoms with Crippen molar-refractivity contribution < 1.29 is 14.3 Å². The van der Waals surface area contributed by atoms with Gasteiger partial charge < -0.3 is 19.9 Å². The van der Waals surface area contributed by atoms with Crippen LogP contribution in [-0.2, 0) is 22.4 Å². The van der Waals surface area contributed by atoms with E-state index in [-0.39, 0.29) is 12.6 Å². The summed E-state index contributed by atoms with van der Waals surface area (Å²) in [6.45, 7) is 11.2. The van der Waals surface area contributed by atoms with Crippen molar-refractivity contribution in [2.24, 2.45) is 5.92 Å². The molecule has 33 heavy (non-hydrogen) atoms. The highest BCUT2D eigenvalue weighted by Crippen LogP contribution is 2.41. The number of hydrogen-bond acceptors (Lipinski definition) is 7. The second kappa shape index (κ2) is 10.2. The van der Waals surface area contributed by atoms with Crippen molar-refractivity contribution in [2.75, 3.05) is 44.2 Å². The van der Waals surface area contributed by atoms with Crippen LogP contribution >= 0.6 is 11.3 Å². The number of hydrogen-bond donors (Lipinski definition) is 1. The molecule has 4 rings (SSSR count). The molecule has 1 aliphatic heterocycles. The van der Waals surface area contributed by atoms with E-state index in [1.165, 1.54) is 22.2 Å². The molecule has 2 atom stereocenters. The maximum Gasteiger partial charge on any atom is 0.325 e. The molecule has 1 saturated heterocycles. The van der Waals surface area contributed by atoms with E-state index in [4.69, 9.17) is 14.7 Å². The molecule has 2 aromatic heterocycles. The van der Waals surface area contributed by atoms with E-state index in [9.17, 15) is 9.59 Å². The van der Waals surface area contributed by atoms with E-state index in [0.29, 0.717) is 44.6 Å². The third-order valence-electron chi connectivity index (χ3n) is 6.76. The van der Waals surface area contributed by atoms with Gasteiger partial charge in [-0.25, -0.2) is 14.8 Å². The number of ether oxygens (including phenoxy) is 1. The second-order valence-corrected chi connectivity index (χ2v) is 10.3. The number of aryl methyl sites for hydroxylation is 1. The van der Waals surface area contributed by atoms with Crippen molar-refractivity contribution in [3.05, 3.63) is 16.3 Å². The quantitative estimate of drug-likeness (QED) is 0.644. The standard InChI is InChI=1S/C24H35N5O3S/c1-5-16(4)21-26-22(20-17-8-7-15(3)13-18(17)33-23(20)27-21)28-9-11-29(12-10-28)24(31)25-14-19(30)32-6-2/h15-16H,5-14H2,1-4H3,(H,25,31)/t15-,16-/m0/s1. The van der Waals surface area contributed by atoms with Crippen LogP contribution in [0.15, 0.2) is 0 Å². The maximum atomic E-state index is 12.5. The fourth-order valence-corrected chi connectivity index (χ4v) is 5.95. The zero-order chi connectivity index (χ0) is 23.5. The lowest BCUT2D eigenvalue weighted by atomic mass is 9.89. The van der Waals surface area contributed by atoms with Crippen LogP contribution in [0.25, 0.3) is 10.2 Å². The summed E-state index contributed by atoms with van der Waals surface area (Å²) in [5.41, 5.74) is 1.44. The largest absolute Gasteiger partial charge is 0.465 e. The van der Waals surface area contributed by atoms with Crippen molar-refractivity contribution in [3.63, 3.8) is 0 Å². The second-order valence-electron chi connectivity index (χ2n) is 9.18. The Morgan fingerprint density at radius 2 is 1.97 bits per heavy atom. The van der Waals surface area contributed by atoms with Crippen LogP contribution in [0, 0.1) is 5.92 Å². The van der Waals surface area contributed by atoms with E-state index >= 15 is 0 Å². The maximum absolute atomic E-state index is 12.5. The minimum atomic E-state index is -0.415. The van der Waals surface area contributed by atoms with Crippen molar-refractivity contribution >= 4 is 39.4 Å². The number of nitrogens with one attached hydrogen (secondary N) is 1. The van der Waals surface area contributed by atoms with E-state index in [0.717, 1.165) is 35.7 Å². The molecule has 1 N–H and O–H groups in total. The number of anilines is 1. The van der Waals surface area contributed by atoms with Gasteiger partial charge in [0.05, 0.1) is 12.0 Å². The Bertz CT molecular complexity index is 1020. The topological polar surface area (TPSA) is 87.7 Å². The molecule has 0 radical (unpaired) electrons. The number of rotatable bonds is 6. The Labute approximate surface area is 199 Å². The summed E-state index contributed by atoms with van der Waals surface area (Å²) in [6, 6.07) is -0.224. The van der Waals surface area contributed by atoms with Crippen molar-refractivity contribution in [3.8, 4) is 0 Å². The minimum Gasteiger partial charge on any atom is -0.465 e. The number of aromatic nitrogens is 2. The molecule has 0 saturated carbocycles. The van der Waals surface area contributed by atoms with E-state index in [1.807, 2.05) is 11.3 Å². The summed E-state index contributed by atoms with van der Waals surface area (Å²) in [4.78, 5) is 40.8. The Hall–Kier alpha value is -2.42. The fraction of sp³-hybridized carbons (Fsp3) is 0.667. The molecular formula is C24H35N5O3S. The molecule has 0 unspecified atom stereocenters. The predicted molar refractivity (Wildman–Crippen MR) is 131 cm³/mol. The summed E-state index contributed by atoms with van der Waals surface area (Å²) >= 11 is 1.85. The van der Waals surface area contributed by atoms with Gasteiger partial charge in [-0.1, -0.05) is 20.8 Å². The highest BCUT2D eigenvalue weighted by molar-refractivity contribution is 7.19. The van der Waals surface area contributed by atoms with Crippen molar-refractivity contribution in [2.45, 2.75) is 59.3 Å². The summed E-state index contributed by atoms with van der Waals surface area (Å²) < 4.78 is 4.89. The highest BCUT2D eigenvalue weighted by Gasteiger charge is 2.29. The van der Waals surface area contributed by atoms with Gasteiger partial charge in [-0.15, -0.1) is 11.3 Å². The summed E-state index contributed by atoms with van der Waals surface area (Å²) in [5.74, 6) is 2.56. The van der Waals surface area contributed by atoms with Gasteiger partial charge in [0, 0.05) is 37.0 Å². The predicted octanol–water partition coefficient (Wildman–Crippen LogP) is 3.72. The van der Waals surface area contributed by atoms with Crippen LogP contribution in [0.1, 0.15) is 62.7 Å². The summed E-state index contributed by atoms with van der Waals surface area (Å²) in [6.07, 6.45) is 4.43. The molecular weight excluding hydrogens is 438 g/mol. The Balaban J connectivity index is 1.54. The number of fused-ring (bicyclic) bond motifs is 3. The lowest BCUT2D eigenvalue weighted by Crippen LogP contribution is -2.52. The number of carbonyl (C=O) groups excluding carboxylic acids is 2. The molecule has 180 valence electrons. The molecule has 0 bridgehead atoms. The van der Waals surface area contributed by atoms with Gasteiger partial charge in [-0.05, 0) is 44.1 Å². The van der Waals surface area contributed by atoms with Crippen molar-refractivity contribution in [1.29, 1.82) is 0 Å². The zero-order valence-corrected chi connectivity index (χ0v) is 21.0. The Kier molecular flexibility index (Phi) is 7.36. The molecule has 2 aromatic rings. The number of esters is 1. The van der Waals surface area contributed by atoms with Crippen LogP contribution in [0.5, 0.6) is 0 Å². The van der Waals surface area contributed by atoms with E-state index < -0.39 is 5.97 Å². The molecule has 9 heteroatoms. The van der Waals surface area contributed by atoms with E-state index in [1.54, 1.807) is 11.8 Å². The first kappa shape index (κ1) is 23.7. The smallest absolute Gasteiger partial charge is 0.325 e. The number of piperazine rings is 1. The van der Waals surface area contributed by atoms with Crippen LogP contribution < -0.4 is 10.2 Å². The van der Waals surface area contributed by atoms with Gasteiger partial charge in [-0.2, -0.15) is 0 Å². The highest BCUT2D eigenvalue weighted by atomic mass is 32.1. The molecule has 2 aliphatic rings. The SMILES string of the molecule is CCOC(=O)CNC(=O)N1CCN(c2nc([C@@H](C)CC)nc3sc4c(c23)CC[C@H](C)C4)CC1. The Morgan fingerprint density at radius 3 is 2.67 bits per heavy atom. The number of nitrogens with zero attached hydrogens (tertiary/aromatic N) is 4. The molecule has 2 amide bonds. The molecule has 1 aliphatic carbocycles. The van der Waals surface area contributed by atoms with E-state index in [2.05, 4.69) is 31.0 Å². The van der Waals surface area contributed by atoms with Crippen LogP contribution in [-0.4, -0.2) is 66.2 Å². The minimum absolute atomic E-state index is 0.100. The first-order valence-corrected chi connectivity index (χ1v) is 13.0. The first-order chi connectivity index (χ1) is 15.9. The van der Waals surface area contributed by atoms with Crippen LogP contribution in [0.4, 0.5) is 10.6 Å². The lowest BCUT2D eigenvalue weighted by molar-refractivity contribution is -0.141. The van der Waals surface area contributed by atoms with Gasteiger partial charge in [0.25, 0.3) is 0 Å². The number of amides is 2. The number of thiophene rings is 1. The average molecular weight is 474 g/mol. The molecule has 0 aromatic carbocycles. The normalized spacial score (nSPS) is 19.3. The summed E-state index contributed by atoms with van der Waals surface area (Å²) in [5, 5.41) is 3.89. The third kappa shape index (κ3) is 5.08. The molecule has 3 heterocycles. The van der Waals surface area contributed by atoms with Crippen LogP contribution in [0.3, 0.4) is 0 Å². The lowest BCUT2D eigenvalue weighted by Gasteiger charge is -2.36. The molecule has 8 nitrogen and oxygen atoms in total. The third-order valence-corrected chi connectivity index (χ3v) is 7.91. The van der Waals surface area contributed by atoms with Crippen LogP contribution in [0.2, 0.25) is 0 Å². The average Bonchev–Trinajstić information content (AvgIpc) is 3.19. The van der Waals surface area contributed by atoms with Crippen molar-refractivity contribution in [1.82, 2.24) is 20.2 Å².